The highest BCUT2D eigenvalue weighted by Crippen LogP contribution is 2.28. The van der Waals surface area contributed by atoms with Crippen molar-refractivity contribution in [2.24, 2.45) is 0 Å². The number of aryl methyl sites for hydroxylation is 1. The van der Waals surface area contributed by atoms with Crippen molar-refractivity contribution in [3.05, 3.63) is 35.7 Å². The van der Waals surface area contributed by atoms with Crippen molar-refractivity contribution >= 4 is 10.0 Å². The normalized spacial score (nSPS) is 11.4. The van der Waals surface area contributed by atoms with E-state index in [1.54, 1.807) is 19.1 Å². The van der Waals surface area contributed by atoms with Gasteiger partial charge in [0, 0.05) is 12.1 Å². The van der Waals surface area contributed by atoms with Crippen molar-refractivity contribution in [2.45, 2.75) is 18.4 Å². The number of hydrogen-bond donors (Lipinski definition) is 1. The first kappa shape index (κ1) is 15.3. The van der Waals surface area contributed by atoms with E-state index in [9.17, 15) is 8.42 Å². The number of benzene rings is 1. The molecule has 0 bridgehead atoms. The Labute approximate surface area is 122 Å². The fourth-order valence-corrected chi connectivity index (χ4v) is 2.92. The largest absolute Gasteiger partial charge is 0.497 e. The molecule has 0 atom stereocenters. The summed E-state index contributed by atoms with van der Waals surface area (Å²) in [6.07, 6.45) is 0. The zero-order chi connectivity index (χ0) is 15.5. The molecular weight excluding hydrogens is 296 g/mol. The second-order valence-corrected chi connectivity index (χ2v) is 6.01. The Balaban J connectivity index is 2.26. The van der Waals surface area contributed by atoms with Crippen LogP contribution in [0.3, 0.4) is 0 Å². The minimum atomic E-state index is -3.76. The van der Waals surface area contributed by atoms with Crippen LogP contribution in [-0.2, 0) is 16.6 Å². The van der Waals surface area contributed by atoms with Crippen LogP contribution in [0, 0.1) is 6.92 Å². The molecule has 2 rings (SSSR count). The van der Waals surface area contributed by atoms with Crippen LogP contribution >= 0.6 is 0 Å². The van der Waals surface area contributed by atoms with Crippen molar-refractivity contribution in [3.63, 3.8) is 0 Å². The zero-order valence-corrected chi connectivity index (χ0v) is 12.7. The van der Waals surface area contributed by atoms with E-state index in [0.29, 0.717) is 17.2 Å². The maximum absolute atomic E-state index is 12.4. The smallest absolute Gasteiger partial charge is 0.244 e. The Bertz CT molecular complexity index is 724. The van der Waals surface area contributed by atoms with E-state index in [1.807, 2.05) is 0 Å². The topological polar surface area (TPSA) is 90.7 Å². The molecule has 0 amide bonds. The fourth-order valence-electron chi connectivity index (χ4n) is 1.74. The van der Waals surface area contributed by atoms with Gasteiger partial charge in [0.25, 0.3) is 0 Å². The number of nitrogens with zero attached hydrogens (tertiary/aromatic N) is 1. The van der Waals surface area contributed by atoms with E-state index in [4.69, 9.17) is 14.0 Å². The molecular formula is C13H16N2O5S. The summed E-state index contributed by atoms with van der Waals surface area (Å²) in [5.74, 6) is 1.27. The highest BCUT2D eigenvalue weighted by molar-refractivity contribution is 7.89. The van der Waals surface area contributed by atoms with Gasteiger partial charge in [0.15, 0.2) is 0 Å². The number of ether oxygens (including phenoxy) is 2. The molecule has 0 aliphatic carbocycles. The Morgan fingerprint density at radius 1 is 1.24 bits per heavy atom. The maximum atomic E-state index is 12.4. The van der Waals surface area contributed by atoms with Gasteiger partial charge in [-0.3, -0.25) is 0 Å². The van der Waals surface area contributed by atoms with Crippen molar-refractivity contribution in [1.82, 2.24) is 9.88 Å². The lowest BCUT2D eigenvalue weighted by Crippen LogP contribution is -2.24. The van der Waals surface area contributed by atoms with E-state index in [0.717, 1.165) is 0 Å². The van der Waals surface area contributed by atoms with E-state index in [2.05, 4.69) is 9.88 Å². The summed E-state index contributed by atoms with van der Waals surface area (Å²) in [4.78, 5) is 0.00423. The maximum Gasteiger partial charge on any atom is 0.244 e. The van der Waals surface area contributed by atoms with Crippen LogP contribution in [0.4, 0.5) is 0 Å². The molecule has 8 heteroatoms. The molecule has 114 valence electrons. The van der Waals surface area contributed by atoms with Crippen LogP contribution in [-0.4, -0.2) is 27.8 Å². The second kappa shape index (κ2) is 6.15. The first-order chi connectivity index (χ1) is 9.96. The van der Waals surface area contributed by atoms with E-state index in [1.165, 1.54) is 26.4 Å². The van der Waals surface area contributed by atoms with Gasteiger partial charge in [-0.2, -0.15) is 0 Å². The summed E-state index contributed by atoms with van der Waals surface area (Å²) in [5, 5.41) is 3.73. The minimum Gasteiger partial charge on any atom is -0.497 e. The molecule has 0 saturated carbocycles. The molecule has 1 N–H and O–H groups in total. The molecule has 21 heavy (non-hydrogen) atoms. The third-order valence-electron chi connectivity index (χ3n) is 2.78. The van der Waals surface area contributed by atoms with Gasteiger partial charge in [-0.15, -0.1) is 0 Å². The molecule has 0 aliphatic rings. The highest BCUT2D eigenvalue weighted by atomic mass is 32.2. The predicted octanol–water partition coefficient (Wildman–Crippen LogP) is 1.48. The molecule has 0 saturated heterocycles. The Morgan fingerprint density at radius 3 is 2.57 bits per heavy atom. The third-order valence-corrected chi connectivity index (χ3v) is 4.20. The minimum absolute atomic E-state index is 0.00423. The lowest BCUT2D eigenvalue weighted by Gasteiger charge is -2.11. The quantitative estimate of drug-likeness (QED) is 0.869. The molecule has 2 aromatic rings. The predicted molar refractivity (Wildman–Crippen MR) is 74.8 cm³/mol. The van der Waals surface area contributed by atoms with E-state index < -0.39 is 10.0 Å². The number of hydrogen-bond acceptors (Lipinski definition) is 6. The average Bonchev–Trinajstić information content (AvgIpc) is 2.90. The molecule has 0 radical (unpaired) electrons. The Kier molecular flexibility index (Phi) is 4.49. The van der Waals surface area contributed by atoms with Gasteiger partial charge in [0.1, 0.15) is 22.2 Å². The van der Waals surface area contributed by atoms with Crippen LogP contribution < -0.4 is 14.2 Å². The number of aromatic nitrogens is 1. The van der Waals surface area contributed by atoms with Crippen molar-refractivity contribution in [3.8, 4) is 11.5 Å². The number of nitrogens with one attached hydrogen (secondary N) is 1. The van der Waals surface area contributed by atoms with Gasteiger partial charge in [-0.25, -0.2) is 13.1 Å². The first-order valence-electron chi connectivity index (χ1n) is 6.10. The van der Waals surface area contributed by atoms with E-state index >= 15 is 0 Å². The first-order valence-corrected chi connectivity index (χ1v) is 7.58. The molecule has 7 nitrogen and oxygen atoms in total. The lowest BCUT2D eigenvalue weighted by atomic mass is 10.3. The molecule has 1 heterocycles. The highest BCUT2D eigenvalue weighted by Gasteiger charge is 2.20. The van der Waals surface area contributed by atoms with Crippen LogP contribution in [0.2, 0.25) is 0 Å². The van der Waals surface area contributed by atoms with E-state index in [-0.39, 0.29) is 17.2 Å². The standard InChI is InChI=1S/C13H16N2O5S/c1-9-6-10(15-20-9)8-14-21(16,17)13-7-11(18-2)4-5-12(13)19-3/h4-7,14H,8H2,1-3H3. The molecule has 0 unspecified atom stereocenters. The molecule has 0 spiro atoms. The monoisotopic (exact) mass is 312 g/mol. The van der Waals surface area contributed by atoms with Crippen molar-refractivity contribution < 1.29 is 22.4 Å². The summed E-state index contributed by atoms with van der Waals surface area (Å²) in [5.41, 5.74) is 0.498. The Hall–Kier alpha value is -2.06. The molecule has 0 fully saturated rings. The number of rotatable bonds is 6. The lowest BCUT2D eigenvalue weighted by molar-refractivity contribution is 0.389. The molecule has 0 aliphatic heterocycles. The van der Waals surface area contributed by atoms with Crippen LogP contribution in [0.1, 0.15) is 11.5 Å². The summed E-state index contributed by atoms with van der Waals surface area (Å²) in [7, 11) is -0.895. The second-order valence-electron chi connectivity index (χ2n) is 4.27. The van der Waals surface area contributed by atoms with Gasteiger partial charge in [-0.05, 0) is 19.1 Å². The summed E-state index contributed by atoms with van der Waals surface area (Å²) in [6, 6.07) is 6.22. The zero-order valence-electron chi connectivity index (χ0n) is 11.9. The third kappa shape index (κ3) is 3.53. The van der Waals surface area contributed by atoms with Gasteiger partial charge in [-0.1, -0.05) is 5.16 Å². The number of sulfonamides is 1. The van der Waals surface area contributed by atoms with Crippen molar-refractivity contribution in [2.75, 3.05) is 14.2 Å². The summed E-state index contributed by atoms with van der Waals surface area (Å²) >= 11 is 0. The Morgan fingerprint density at radius 2 is 2.00 bits per heavy atom. The summed E-state index contributed by atoms with van der Waals surface area (Å²) < 4.78 is 42.2. The average molecular weight is 312 g/mol. The molecule has 1 aromatic heterocycles. The van der Waals surface area contributed by atoms with Crippen molar-refractivity contribution in [1.29, 1.82) is 0 Å². The fraction of sp³-hybridized carbons (Fsp3) is 0.308. The van der Waals surface area contributed by atoms with Gasteiger partial charge >= 0.3 is 0 Å². The summed E-state index contributed by atoms with van der Waals surface area (Å²) in [6.45, 7) is 1.76. The van der Waals surface area contributed by atoms with Gasteiger partial charge in [0.2, 0.25) is 10.0 Å². The van der Waals surface area contributed by atoms with Crippen LogP contribution in [0.25, 0.3) is 0 Å². The molecule has 1 aromatic carbocycles. The van der Waals surface area contributed by atoms with Gasteiger partial charge in [0.05, 0.1) is 26.5 Å². The van der Waals surface area contributed by atoms with Gasteiger partial charge < -0.3 is 14.0 Å². The van der Waals surface area contributed by atoms with Crippen LogP contribution in [0.15, 0.2) is 33.7 Å². The number of methoxy groups -OCH3 is 2. The SMILES string of the molecule is COc1ccc(OC)c(S(=O)(=O)NCc2cc(C)on2)c1. The van der Waals surface area contributed by atoms with Crippen LogP contribution in [0.5, 0.6) is 11.5 Å².